The summed E-state index contributed by atoms with van der Waals surface area (Å²) in [6.45, 7) is 3.47. The molecule has 1 amide bonds. The quantitative estimate of drug-likeness (QED) is 0.695. The number of para-hydroxylation sites is 2. The summed E-state index contributed by atoms with van der Waals surface area (Å²) in [6.07, 6.45) is 0.854. The molecule has 0 aliphatic rings. The molecule has 0 heterocycles. The first-order valence-electron chi connectivity index (χ1n) is 8.08. The maximum atomic E-state index is 12.0. The molecular formula is C19H24N2O3. The summed E-state index contributed by atoms with van der Waals surface area (Å²) in [5.41, 5.74) is 1.90. The largest absolute Gasteiger partial charge is 0.497 e. The summed E-state index contributed by atoms with van der Waals surface area (Å²) in [7, 11) is 1.65. The molecule has 24 heavy (non-hydrogen) atoms. The zero-order valence-corrected chi connectivity index (χ0v) is 14.2. The van der Waals surface area contributed by atoms with Gasteiger partial charge < -0.3 is 20.1 Å². The fraction of sp³-hybridized carbons (Fsp3) is 0.316. The van der Waals surface area contributed by atoms with E-state index in [0.717, 1.165) is 18.7 Å². The van der Waals surface area contributed by atoms with E-state index in [1.54, 1.807) is 7.11 Å². The Kier molecular flexibility index (Phi) is 7.11. The summed E-state index contributed by atoms with van der Waals surface area (Å²) in [4.78, 5) is 12.0. The number of carbonyl (C=O) groups is 1. The van der Waals surface area contributed by atoms with Gasteiger partial charge in [0.25, 0.3) is 0 Å². The molecule has 0 spiro atoms. The van der Waals surface area contributed by atoms with Crippen LogP contribution in [0.2, 0.25) is 0 Å². The zero-order chi connectivity index (χ0) is 17.2. The number of hydrogen-bond acceptors (Lipinski definition) is 4. The lowest BCUT2D eigenvalue weighted by Gasteiger charge is -2.11. The van der Waals surface area contributed by atoms with Crippen molar-refractivity contribution in [1.82, 2.24) is 5.32 Å². The van der Waals surface area contributed by atoms with Crippen molar-refractivity contribution in [3.63, 3.8) is 0 Å². The lowest BCUT2D eigenvalue weighted by molar-refractivity contribution is -0.115. The van der Waals surface area contributed by atoms with Crippen LogP contribution in [0.4, 0.5) is 5.69 Å². The predicted molar refractivity (Wildman–Crippen MR) is 95.8 cm³/mol. The Labute approximate surface area is 143 Å². The summed E-state index contributed by atoms with van der Waals surface area (Å²) < 4.78 is 10.6. The van der Waals surface area contributed by atoms with E-state index in [1.165, 1.54) is 5.56 Å². The third-order valence-corrected chi connectivity index (χ3v) is 3.50. The van der Waals surface area contributed by atoms with Crippen LogP contribution in [0.1, 0.15) is 12.5 Å². The third kappa shape index (κ3) is 5.59. The molecule has 0 aromatic heterocycles. The topological polar surface area (TPSA) is 59.6 Å². The Morgan fingerprint density at radius 2 is 1.83 bits per heavy atom. The van der Waals surface area contributed by atoms with E-state index in [4.69, 9.17) is 9.47 Å². The monoisotopic (exact) mass is 328 g/mol. The summed E-state index contributed by atoms with van der Waals surface area (Å²) in [6, 6.07) is 15.4. The minimum atomic E-state index is -0.0862. The van der Waals surface area contributed by atoms with Crippen LogP contribution in [0, 0.1) is 0 Å². The van der Waals surface area contributed by atoms with Crippen molar-refractivity contribution in [3.8, 4) is 11.5 Å². The molecule has 2 N–H and O–H groups in total. The first-order chi connectivity index (χ1) is 11.7. The highest BCUT2D eigenvalue weighted by Crippen LogP contribution is 2.23. The first-order valence-corrected chi connectivity index (χ1v) is 8.08. The molecule has 0 aliphatic heterocycles. The molecule has 0 fully saturated rings. The van der Waals surface area contributed by atoms with Gasteiger partial charge in [-0.1, -0.05) is 24.3 Å². The smallest absolute Gasteiger partial charge is 0.238 e. The van der Waals surface area contributed by atoms with Crippen molar-refractivity contribution in [2.24, 2.45) is 0 Å². The Bertz CT molecular complexity index is 641. The predicted octanol–water partition coefficient (Wildman–Crippen LogP) is 2.86. The standard InChI is InChI=1S/C19H24N2O3/c1-3-24-18-7-5-4-6-17(18)21-19(22)14-20-13-12-15-8-10-16(23-2)11-9-15/h4-11,20H,3,12-14H2,1-2H3,(H,21,22). The molecule has 2 aromatic rings. The van der Waals surface area contributed by atoms with Gasteiger partial charge in [-0.15, -0.1) is 0 Å². The number of amides is 1. The van der Waals surface area contributed by atoms with Gasteiger partial charge in [0.15, 0.2) is 0 Å². The molecule has 2 rings (SSSR count). The number of nitrogens with one attached hydrogen (secondary N) is 2. The van der Waals surface area contributed by atoms with Crippen LogP contribution in [0.25, 0.3) is 0 Å². The second kappa shape index (κ2) is 9.57. The van der Waals surface area contributed by atoms with E-state index in [1.807, 2.05) is 55.5 Å². The van der Waals surface area contributed by atoms with Gasteiger partial charge in [-0.25, -0.2) is 0 Å². The van der Waals surface area contributed by atoms with Crippen LogP contribution in [0.5, 0.6) is 11.5 Å². The SMILES string of the molecule is CCOc1ccccc1NC(=O)CNCCc1ccc(OC)cc1. The fourth-order valence-corrected chi connectivity index (χ4v) is 2.27. The van der Waals surface area contributed by atoms with Crippen LogP contribution in [0.3, 0.4) is 0 Å². The van der Waals surface area contributed by atoms with E-state index in [9.17, 15) is 4.79 Å². The van der Waals surface area contributed by atoms with Crippen LogP contribution in [0.15, 0.2) is 48.5 Å². The number of carbonyl (C=O) groups excluding carboxylic acids is 1. The average Bonchev–Trinajstić information content (AvgIpc) is 2.61. The van der Waals surface area contributed by atoms with Gasteiger partial charge in [0, 0.05) is 0 Å². The van der Waals surface area contributed by atoms with Gasteiger partial charge >= 0.3 is 0 Å². The normalized spacial score (nSPS) is 10.2. The Balaban J connectivity index is 1.73. The van der Waals surface area contributed by atoms with Crippen LogP contribution in [-0.4, -0.2) is 32.7 Å². The van der Waals surface area contributed by atoms with Crippen LogP contribution < -0.4 is 20.1 Å². The van der Waals surface area contributed by atoms with E-state index in [0.29, 0.717) is 18.0 Å². The second-order valence-corrected chi connectivity index (χ2v) is 5.25. The Morgan fingerprint density at radius 1 is 1.08 bits per heavy atom. The molecule has 2 aromatic carbocycles. The summed E-state index contributed by atoms with van der Waals surface area (Å²) in [5, 5.41) is 6.02. The van der Waals surface area contributed by atoms with Crippen molar-refractivity contribution >= 4 is 11.6 Å². The maximum Gasteiger partial charge on any atom is 0.238 e. The zero-order valence-electron chi connectivity index (χ0n) is 14.2. The van der Waals surface area contributed by atoms with Crippen molar-refractivity contribution in [2.75, 3.05) is 32.1 Å². The van der Waals surface area contributed by atoms with Crippen molar-refractivity contribution in [2.45, 2.75) is 13.3 Å². The molecular weight excluding hydrogens is 304 g/mol. The molecule has 0 atom stereocenters. The van der Waals surface area contributed by atoms with Gasteiger partial charge in [-0.05, 0) is 49.7 Å². The highest BCUT2D eigenvalue weighted by atomic mass is 16.5. The molecule has 0 unspecified atom stereocenters. The molecule has 0 saturated carbocycles. The van der Waals surface area contributed by atoms with E-state index >= 15 is 0 Å². The van der Waals surface area contributed by atoms with E-state index in [2.05, 4.69) is 10.6 Å². The number of ether oxygens (including phenoxy) is 2. The lowest BCUT2D eigenvalue weighted by atomic mass is 10.1. The van der Waals surface area contributed by atoms with E-state index in [-0.39, 0.29) is 12.5 Å². The van der Waals surface area contributed by atoms with Crippen LogP contribution in [-0.2, 0) is 11.2 Å². The van der Waals surface area contributed by atoms with Crippen molar-refractivity contribution < 1.29 is 14.3 Å². The van der Waals surface area contributed by atoms with E-state index < -0.39 is 0 Å². The maximum absolute atomic E-state index is 12.0. The number of methoxy groups -OCH3 is 1. The molecule has 0 saturated heterocycles. The number of hydrogen-bond donors (Lipinski definition) is 2. The minimum Gasteiger partial charge on any atom is -0.497 e. The van der Waals surface area contributed by atoms with Gasteiger partial charge in [-0.3, -0.25) is 4.79 Å². The van der Waals surface area contributed by atoms with Crippen molar-refractivity contribution in [3.05, 3.63) is 54.1 Å². The molecule has 0 aliphatic carbocycles. The second-order valence-electron chi connectivity index (χ2n) is 5.25. The molecule has 5 heteroatoms. The average molecular weight is 328 g/mol. The van der Waals surface area contributed by atoms with Gasteiger partial charge in [0.2, 0.25) is 5.91 Å². The highest BCUT2D eigenvalue weighted by Gasteiger charge is 2.06. The first kappa shape index (κ1) is 17.8. The van der Waals surface area contributed by atoms with Crippen molar-refractivity contribution in [1.29, 1.82) is 0 Å². The fourth-order valence-electron chi connectivity index (χ4n) is 2.27. The Morgan fingerprint density at radius 3 is 2.54 bits per heavy atom. The summed E-state index contributed by atoms with van der Waals surface area (Å²) in [5.74, 6) is 1.45. The molecule has 5 nitrogen and oxygen atoms in total. The minimum absolute atomic E-state index is 0.0862. The molecule has 0 radical (unpaired) electrons. The molecule has 0 bridgehead atoms. The van der Waals surface area contributed by atoms with Gasteiger partial charge in [-0.2, -0.15) is 0 Å². The van der Waals surface area contributed by atoms with Gasteiger partial charge in [0.1, 0.15) is 11.5 Å². The summed E-state index contributed by atoms with van der Waals surface area (Å²) >= 11 is 0. The third-order valence-electron chi connectivity index (χ3n) is 3.50. The molecule has 128 valence electrons. The number of rotatable bonds is 9. The lowest BCUT2D eigenvalue weighted by Crippen LogP contribution is -2.29. The Hall–Kier alpha value is -2.53. The van der Waals surface area contributed by atoms with Gasteiger partial charge in [0.05, 0.1) is 25.9 Å². The number of benzene rings is 2. The number of anilines is 1. The highest BCUT2D eigenvalue weighted by molar-refractivity contribution is 5.93. The van der Waals surface area contributed by atoms with Crippen LogP contribution >= 0.6 is 0 Å².